The molecular weight excluding hydrogens is 428 g/mol. The highest BCUT2D eigenvalue weighted by atomic mass is 32.1. The van der Waals surface area contributed by atoms with E-state index >= 15 is 0 Å². The van der Waals surface area contributed by atoms with Gasteiger partial charge < -0.3 is 9.64 Å². The Morgan fingerprint density at radius 1 is 1.34 bits per heavy atom. The summed E-state index contributed by atoms with van der Waals surface area (Å²) in [5.74, 6) is 0.0711. The molecule has 0 bridgehead atoms. The van der Waals surface area contributed by atoms with Gasteiger partial charge in [0, 0.05) is 31.9 Å². The number of ether oxygens (including phenoxy) is 1. The number of fused-ring (bicyclic) bond motifs is 1. The van der Waals surface area contributed by atoms with Crippen molar-refractivity contribution in [3.8, 4) is 11.8 Å². The van der Waals surface area contributed by atoms with Crippen molar-refractivity contribution in [2.75, 3.05) is 32.8 Å². The van der Waals surface area contributed by atoms with Gasteiger partial charge >= 0.3 is 0 Å². The molecule has 2 fully saturated rings. The zero-order valence-corrected chi connectivity index (χ0v) is 18.4. The van der Waals surface area contributed by atoms with Crippen LogP contribution in [-0.2, 0) is 16.0 Å². The molecule has 3 aromatic rings. The molecule has 2 atom stereocenters. The number of amides is 1. The van der Waals surface area contributed by atoms with Crippen molar-refractivity contribution in [3.05, 3.63) is 51.7 Å². The molecule has 0 aromatic carbocycles. The van der Waals surface area contributed by atoms with Crippen LogP contribution in [0.5, 0.6) is 0 Å². The van der Waals surface area contributed by atoms with Crippen molar-refractivity contribution >= 4 is 17.2 Å². The van der Waals surface area contributed by atoms with Crippen molar-refractivity contribution in [3.63, 3.8) is 0 Å². The van der Waals surface area contributed by atoms with Gasteiger partial charge in [0.2, 0.25) is 5.91 Å². The van der Waals surface area contributed by atoms with Crippen LogP contribution in [0.3, 0.4) is 0 Å². The largest absolute Gasteiger partial charge is 0.370 e. The lowest BCUT2D eigenvalue weighted by Gasteiger charge is -2.46. The molecule has 2 aliphatic heterocycles. The van der Waals surface area contributed by atoms with Crippen molar-refractivity contribution in [2.24, 2.45) is 0 Å². The molecule has 3 aromatic heterocycles. The second kappa shape index (κ2) is 8.74. The zero-order valence-electron chi connectivity index (χ0n) is 17.6. The van der Waals surface area contributed by atoms with E-state index in [9.17, 15) is 10.1 Å². The highest BCUT2D eigenvalue weighted by Crippen LogP contribution is 2.33. The molecule has 0 radical (unpaired) electrons. The van der Waals surface area contributed by atoms with E-state index in [0.717, 1.165) is 40.5 Å². The molecule has 32 heavy (non-hydrogen) atoms. The van der Waals surface area contributed by atoms with E-state index in [1.807, 2.05) is 29.3 Å². The number of tetrazole rings is 1. The van der Waals surface area contributed by atoms with Crippen LogP contribution in [0, 0.1) is 18.3 Å². The molecule has 1 amide bonds. The number of piperazine rings is 1. The number of aromatic nitrogens is 5. The number of nitriles is 1. The topological polar surface area (TPSA) is 113 Å². The SMILES string of the molecule is Cc1c([C@H]2CN3CCN(C(=O)Cc4ccc(-n5cnnn5)cn4)C[C@H]3CO2)csc1C#N. The van der Waals surface area contributed by atoms with Gasteiger partial charge in [-0.15, -0.1) is 16.4 Å². The van der Waals surface area contributed by atoms with E-state index in [2.05, 4.69) is 31.5 Å². The van der Waals surface area contributed by atoms with Gasteiger partial charge in [0.25, 0.3) is 0 Å². The molecule has 0 unspecified atom stereocenters. The number of carbonyl (C=O) groups excluding carboxylic acids is 1. The summed E-state index contributed by atoms with van der Waals surface area (Å²) in [5, 5.41) is 22.3. The van der Waals surface area contributed by atoms with Crippen LogP contribution in [0.15, 0.2) is 30.0 Å². The smallest absolute Gasteiger partial charge is 0.228 e. The summed E-state index contributed by atoms with van der Waals surface area (Å²) >= 11 is 1.47. The third-order valence-corrected chi connectivity index (χ3v) is 7.13. The van der Waals surface area contributed by atoms with Gasteiger partial charge in [-0.1, -0.05) is 0 Å². The predicted molar refractivity (Wildman–Crippen MR) is 115 cm³/mol. The summed E-state index contributed by atoms with van der Waals surface area (Å²) in [6.45, 7) is 5.51. The van der Waals surface area contributed by atoms with Crippen molar-refractivity contribution in [1.29, 1.82) is 5.26 Å². The predicted octanol–water partition coefficient (Wildman–Crippen LogP) is 1.13. The summed E-state index contributed by atoms with van der Waals surface area (Å²) in [7, 11) is 0. The van der Waals surface area contributed by atoms with E-state index in [1.165, 1.54) is 22.3 Å². The third-order valence-electron chi connectivity index (χ3n) is 6.13. The Labute approximate surface area is 189 Å². The fourth-order valence-corrected chi connectivity index (χ4v) is 5.18. The maximum atomic E-state index is 12.9. The van der Waals surface area contributed by atoms with Gasteiger partial charge in [0.1, 0.15) is 17.3 Å². The number of morpholine rings is 1. The Morgan fingerprint density at radius 2 is 2.25 bits per heavy atom. The number of thiophene rings is 1. The van der Waals surface area contributed by atoms with Crippen LogP contribution in [0.2, 0.25) is 0 Å². The highest BCUT2D eigenvalue weighted by molar-refractivity contribution is 7.10. The Kier molecular flexibility index (Phi) is 5.65. The lowest BCUT2D eigenvalue weighted by Crippen LogP contribution is -2.59. The molecule has 164 valence electrons. The molecule has 2 aliphatic rings. The summed E-state index contributed by atoms with van der Waals surface area (Å²) in [4.78, 5) is 22.3. The molecule has 10 nitrogen and oxygen atoms in total. The van der Waals surface area contributed by atoms with E-state index in [4.69, 9.17) is 4.74 Å². The second-order valence-corrected chi connectivity index (χ2v) is 8.89. The number of carbonyl (C=O) groups is 1. The Bertz CT molecular complexity index is 1140. The summed E-state index contributed by atoms with van der Waals surface area (Å²) < 4.78 is 7.67. The number of rotatable bonds is 4. The lowest BCUT2D eigenvalue weighted by atomic mass is 10.0. The first-order valence-electron chi connectivity index (χ1n) is 10.4. The fourth-order valence-electron chi connectivity index (χ4n) is 4.26. The monoisotopic (exact) mass is 450 g/mol. The standard InChI is InChI=1S/C21H22N8O2S/c1-14-18(12-32-20(14)7-22)19-10-27-4-5-28(9-17(27)11-31-19)21(30)6-15-2-3-16(8-23-15)29-13-24-25-26-29/h2-3,8,12-13,17,19H,4-6,9-11H2,1H3/t17-,19+/m0/s1. The van der Waals surface area contributed by atoms with Crippen LogP contribution < -0.4 is 0 Å². The van der Waals surface area contributed by atoms with Crippen LogP contribution in [0.25, 0.3) is 5.69 Å². The number of hydrogen-bond acceptors (Lipinski definition) is 9. The molecule has 5 rings (SSSR count). The quantitative estimate of drug-likeness (QED) is 0.581. The van der Waals surface area contributed by atoms with Gasteiger partial charge in [-0.3, -0.25) is 14.7 Å². The van der Waals surface area contributed by atoms with E-state index in [1.54, 1.807) is 6.20 Å². The average molecular weight is 451 g/mol. The van der Waals surface area contributed by atoms with E-state index < -0.39 is 0 Å². The number of nitrogens with zero attached hydrogens (tertiary/aromatic N) is 8. The maximum Gasteiger partial charge on any atom is 0.228 e. The summed E-state index contributed by atoms with van der Waals surface area (Å²) in [6, 6.07) is 6.12. The third kappa shape index (κ3) is 4.00. The Balaban J connectivity index is 1.17. The first kappa shape index (κ1) is 20.7. The van der Waals surface area contributed by atoms with Gasteiger partial charge in [-0.25, -0.2) is 0 Å². The molecule has 0 spiro atoms. The molecule has 0 saturated carbocycles. The minimum Gasteiger partial charge on any atom is -0.370 e. The van der Waals surface area contributed by atoms with Gasteiger partial charge in [0.05, 0.1) is 37.1 Å². The maximum absolute atomic E-state index is 12.9. The van der Waals surface area contributed by atoms with Crippen molar-refractivity contribution < 1.29 is 9.53 Å². The normalized spacial score (nSPS) is 21.2. The molecule has 5 heterocycles. The van der Waals surface area contributed by atoms with Crippen molar-refractivity contribution in [2.45, 2.75) is 25.5 Å². The van der Waals surface area contributed by atoms with Crippen LogP contribution in [0.4, 0.5) is 0 Å². The van der Waals surface area contributed by atoms with Gasteiger partial charge in [0.15, 0.2) is 0 Å². The van der Waals surface area contributed by atoms with Crippen LogP contribution in [0.1, 0.15) is 27.8 Å². The average Bonchev–Trinajstić information content (AvgIpc) is 3.49. The fraction of sp³-hybridized carbons (Fsp3) is 0.429. The Morgan fingerprint density at radius 3 is 2.97 bits per heavy atom. The molecule has 2 saturated heterocycles. The van der Waals surface area contributed by atoms with E-state index in [-0.39, 0.29) is 24.5 Å². The minimum atomic E-state index is -0.0187. The first-order chi connectivity index (χ1) is 15.6. The minimum absolute atomic E-state index is 0.0187. The number of hydrogen-bond donors (Lipinski definition) is 0. The van der Waals surface area contributed by atoms with Crippen LogP contribution in [-0.4, -0.2) is 79.7 Å². The highest BCUT2D eigenvalue weighted by Gasteiger charge is 2.36. The molecule has 0 N–H and O–H groups in total. The first-order valence-corrected chi connectivity index (χ1v) is 11.3. The second-order valence-electron chi connectivity index (χ2n) is 8.01. The summed E-state index contributed by atoms with van der Waals surface area (Å²) in [6.07, 6.45) is 3.41. The molecule has 0 aliphatic carbocycles. The summed E-state index contributed by atoms with van der Waals surface area (Å²) in [5.41, 5.74) is 3.60. The number of pyridine rings is 1. The zero-order chi connectivity index (χ0) is 22.1. The van der Waals surface area contributed by atoms with Gasteiger partial charge in [-0.2, -0.15) is 9.94 Å². The molecular formula is C21H22N8O2S. The van der Waals surface area contributed by atoms with Crippen LogP contribution >= 0.6 is 11.3 Å². The van der Waals surface area contributed by atoms with Crippen molar-refractivity contribution in [1.82, 2.24) is 35.0 Å². The molecule has 11 heteroatoms. The Hall–Kier alpha value is -3.20. The van der Waals surface area contributed by atoms with Gasteiger partial charge in [-0.05, 0) is 46.0 Å². The van der Waals surface area contributed by atoms with E-state index in [0.29, 0.717) is 19.7 Å². The lowest BCUT2D eigenvalue weighted by molar-refractivity contribution is -0.139.